The maximum absolute atomic E-state index is 5.86. The molecule has 4 heteroatoms. The third kappa shape index (κ3) is 4.32. The number of hydrogen-bond donors (Lipinski definition) is 0. The smallest absolute Gasteiger partial charge is 0.127 e. The second-order valence-corrected chi connectivity index (χ2v) is 7.95. The maximum Gasteiger partial charge on any atom is 0.127 e. The zero-order valence-electron chi connectivity index (χ0n) is 15.1. The van der Waals surface area contributed by atoms with Crippen molar-refractivity contribution in [2.75, 3.05) is 20.1 Å². The van der Waals surface area contributed by atoms with Crippen molar-refractivity contribution in [3.63, 3.8) is 0 Å². The molecule has 3 aromatic rings. The highest BCUT2D eigenvalue weighted by Crippen LogP contribution is 2.28. The number of aromatic nitrogens is 1. The van der Waals surface area contributed by atoms with Gasteiger partial charge in [-0.05, 0) is 56.3 Å². The van der Waals surface area contributed by atoms with Crippen LogP contribution >= 0.6 is 11.3 Å². The van der Waals surface area contributed by atoms with E-state index in [9.17, 15) is 0 Å². The normalized spacial score (nSPS) is 18.0. The second kappa shape index (κ2) is 8.02. The van der Waals surface area contributed by atoms with E-state index in [2.05, 4.69) is 29.5 Å². The van der Waals surface area contributed by atoms with Crippen molar-refractivity contribution < 1.29 is 4.74 Å². The van der Waals surface area contributed by atoms with Gasteiger partial charge in [0.2, 0.25) is 0 Å². The fourth-order valence-electron chi connectivity index (χ4n) is 3.48. The van der Waals surface area contributed by atoms with Crippen molar-refractivity contribution in [1.82, 2.24) is 9.88 Å². The van der Waals surface area contributed by atoms with E-state index in [-0.39, 0.29) is 0 Å². The fourth-order valence-corrected chi connectivity index (χ4v) is 4.39. The van der Waals surface area contributed by atoms with Crippen LogP contribution in [0.1, 0.15) is 35.0 Å². The van der Waals surface area contributed by atoms with Crippen LogP contribution in [0.4, 0.5) is 0 Å². The van der Waals surface area contributed by atoms with Gasteiger partial charge >= 0.3 is 0 Å². The van der Waals surface area contributed by atoms with Gasteiger partial charge in [0.1, 0.15) is 11.5 Å². The molecular formula is C22H24N2OS. The summed E-state index contributed by atoms with van der Waals surface area (Å²) in [5, 5.41) is 3.46. The molecule has 1 atom stereocenters. The van der Waals surface area contributed by atoms with Crippen molar-refractivity contribution in [3.8, 4) is 11.5 Å². The van der Waals surface area contributed by atoms with E-state index in [1.807, 2.05) is 42.5 Å². The first-order valence-corrected chi connectivity index (χ1v) is 10.1. The molecule has 0 radical (unpaired) electrons. The van der Waals surface area contributed by atoms with Crippen LogP contribution in [0.5, 0.6) is 11.5 Å². The average molecular weight is 365 g/mol. The minimum Gasteiger partial charge on any atom is -0.457 e. The molecule has 1 saturated heterocycles. The predicted molar refractivity (Wildman–Crippen MR) is 107 cm³/mol. The Hall–Kier alpha value is -2.17. The largest absolute Gasteiger partial charge is 0.457 e. The van der Waals surface area contributed by atoms with Crippen LogP contribution in [0.25, 0.3) is 0 Å². The van der Waals surface area contributed by atoms with Crippen molar-refractivity contribution in [3.05, 3.63) is 76.2 Å². The molecule has 0 bridgehead atoms. The van der Waals surface area contributed by atoms with Gasteiger partial charge in [0.05, 0.1) is 10.7 Å². The van der Waals surface area contributed by atoms with Gasteiger partial charge < -0.3 is 9.64 Å². The van der Waals surface area contributed by atoms with Gasteiger partial charge in [0.15, 0.2) is 0 Å². The van der Waals surface area contributed by atoms with Gasteiger partial charge in [-0.25, -0.2) is 4.98 Å². The van der Waals surface area contributed by atoms with Crippen LogP contribution < -0.4 is 4.74 Å². The lowest BCUT2D eigenvalue weighted by Crippen LogP contribution is -2.30. The average Bonchev–Trinajstić information content (AvgIpc) is 3.13. The summed E-state index contributed by atoms with van der Waals surface area (Å²) in [6, 6.07) is 18.2. The predicted octanol–water partition coefficient (Wildman–Crippen LogP) is 5.34. The van der Waals surface area contributed by atoms with Gasteiger partial charge in [-0.3, -0.25) is 0 Å². The van der Waals surface area contributed by atoms with Crippen molar-refractivity contribution in [1.29, 1.82) is 0 Å². The Kier molecular flexibility index (Phi) is 5.32. The monoisotopic (exact) mass is 364 g/mol. The van der Waals surface area contributed by atoms with Gasteiger partial charge in [0, 0.05) is 24.3 Å². The molecule has 0 saturated carbocycles. The van der Waals surface area contributed by atoms with Gasteiger partial charge in [-0.1, -0.05) is 30.3 Å². The molecule has 134 valence electrons. The number of likely N-dealkylation sites (N-methyl/N-ethyl adjacent to an activating group) is 1. The van der Waals surface area contributed by atoms with Gasteiger partial charge in [-0.2, -0.15) is 0 Å². The van der Waals surface area contributed by atoms with Crippen LogP contribution in [0, 0.1) is 0 Å². The Balaban J connectivity index is 1.38. The zero-order chi connectivity index (χ0) is 17.8. The minimum atomic E-state index is 0.598. The molecule has 2 heterocycles. The standard InChI is InChI=1S/C22H24N2OS/c1-24-13-5-6-18(15-24)21-16-26-22(23-21)14-17-9-11-20(12-10-17)25-19-7-3-2-4-8-19/h2-4,7-12,16,18H,5-6,13-15H2,1H3/t18-/m0/s1. The van der Waals surface area contributed by atoms with E-state index in [4.69, 9.17) is 9.72 Å². The van der Waals surface area contributed by atoms with Crippen LogP contribution in [0.2, 0.25) is 0 Å². The lowest BCUT2D eigenvalue weighted by molar-refractivity contribution is 0.249. The molecule has 0 unspecified atom stereocenters. The third-order valence-electron chi connectivity index (χ3n) is 4.87. The molecule has 0 spiro atoms. The highest BCUT2D eigenvalue weighted by molar-refractivity contribution is 7.09. The van der Waals surface area contributed by atoms with Crippen LogP contribution in [-0.4, -0.2) is 30.0 Å². The van der Waals surface area contributed by atoms with Crippen LogP contribution in [0.15, 0.2) is 60.0 Å². The summed E-state index contributed by atoms with van der Waals surface area (Å²) in [7, 11) is 2.21. The molecule has 26 heavy (non-hydrogen) atoms. The molecule has 2 aromatic carbocycles. The molecule has 1 fully saturated rings. The van der Waals surface area contributed by atoms with E-state index in [0.29, 0.717) is 5.92 Å². The van der Waals surface area contributed by atoms with Crippen molar-refractivity contribution in [2.45, 2.75) is 25.2 Å². The minimum absolute atomic E-state index is 0.598. The Labute approximate surface area is 159 Å². The second-order valence-electron chi connectivity index (χ2n) is 7.00. The van der Waals surface area contributed by atoms with E-state index in [1.54, 1.807) is 11.3 Å². The Bertz CT molecular complexity index is 829. The van der Waals surface area contributed by atoms with Gasteiger partial charge in [-0.15, -0.1) is 11.3 Å². The summed E-state index contributed by atoms with van der Waals surface area (Å²) < 4.78 is 5.86. The molecule has 0 amide bonds. The van der Waals surface area contributed by atoms with E-state index >= 15 is 0 Å². The third-order valence-corrected chi connectivity index (χ3v) is 5.74. The van der Waals surface area contributed by atoms with E-state index in [1.165, 1.54) is 35.7 Å². The summed E-state index contributed by atoms with van der Waals surface area (Å²) in [5.74, 6) is 2.33. The molecule has 1 aliphatic rings. The number of para-hydroxylation sites is 1. The number of thiazole rings is 1. The first kappa shape index (κ1) is 17.3. The number of nitrogens with zero attached hydrogens (tertiary/aromatic N) is 2. The summed E-state index contributed by atoms with van der Waals surface area (Å²) in [6.45, 7) is 2.35. The SMILES string of the molecule is CN1CCC[C@H](c2csc(Cc3ccc(Oc4ccccc4)cc3)n2)C1. The fraction of sp³-hybridized carbons (Fsp3) is 0.318. The van der Waals surface area contributed by atoms with Gasteiger partial charge in [0.25, 0.3) is 0 Å². The molecule has 4 rings (SSSR count). The van der Waals surface area contributed by atoms with E-state index < -0.39 is 0 Å². The summed E-state index contributed by atoms with van der Waals surface area (Å²) in [4.78, 5) is 7.33. The Morgan fingerprint density at radius 3 is 2.62 bits per heavy atom. The highest BCUT2D eigenvalue weighted by Gasteiger charge is 2.21. The summed E-state index contributed by atoms with van der Waals surface area (Å²) >= 11 is 1.79. The Morgan fingerprint density at radius 1 is 1.08 bits per heavy atom. The molecule has 0 N–H and O–H groups in total. The number of benzene rings is 2. The summed E-state index contributed by atoms with van der Waals surface area (Å²) in [6.07, 6.45) is 3.43. The molecule has 1 aromatic heterocycles. The number of piperidine rings is 1. The molecule has 3 nitrogen and oxygen atoms in total. The molecule has 1 aliphatic heterocycles. The maximum atomic E-state index is 5.86. The first-order valence-electron chi connectivity index (χ1n) is 9.21. The molecular weight excluding hydrogens is 340 g/mol. The zero-order valence-corrected chi connectivity index (χ0v) is 15.9. The quantitative estimate of drug-likeness (QED) is 0.611. The van der Waals surface area contributed by atoms with E-state index in [0.717, 1.165) is 24.5 Å². The number of likely N-dealkylation sites (tertiary alicyclic amines) is 1. The number of rotatable bonds is 5. The van der Waals surface area contributed by atoms with Crippen molar-refractivity contribution >= 4 is 11.3 Å². The van der Waals surface area contributed by atoms with Crippen LogP contribution in [-0.2, 0) is 6.42 Å². The molecule has 0 aliphatic carbocycles. The summed E-state index contributed by atoms with van der Waals surface area (Å²) in [5.41, 5.74) is 2.55. The Morgan fingerprint density at radius 2 is 1.85 bits per heavy atom. The highest BCUT2D eigenvalue weighted by atomic mass is 32.1. The lowest BCUT2D eigenvalue weighted by Gasteiger charge is -2.28. The number of ether oxygens (including phenoxy) is 1. The first-order chi connectivity index (χ1) is 12.8. The van der Waals surface area contributed by atoms with Crippen molar-refractivity contribution in [2.24, 2.45) is 0 Å². The van der Waals surface area contributed by atoms with Crippen LogP contribution in [0.3, 0.4) is 0 Å². The lowest BCUT2D eigenvalue weighted by atomic mass is 9.96. The topological polar surface area (TPSA) is 25.4 Å². The number of hydrogen-bond acceptors (Lipinski definition) is 4.